The number of hydrogen-bond acceptors (Lipinski definition) is 6. The molecule has 0 radical (unpaired) electrons. The van der Waals surface area contributed by atoms with Gasteiger partial charge >= 0.3 is 0 Å². The van der Waals surface area contributed by atoms with Crippen LogP contribution in [0.1, 0.15) is 66.7 Å². The first kappa shape index (κ1) is 31.4. The Morgan fingerprint density at radius 2 is 2.15 bits per heavy atom. The smallest absolute Gasteiger partial charge is 0.270 e. The molecule has 0 saturated carbocycles. The average Bonchev–Trinajstić information content (AvgIpc) is 2.94. The Labute approximate surface area is 246 Å². The number of nitriles is 1. The maximum Gasteiger partial charge on any atom is 0.270 e. The second-order valence-electron chi connectivity index (χ2n) is 9.78. The molecule has 0 atom stereocenters. The molecule has 0 bridgehead atoms. The Morgan fingerprint density at radius 1 is 1.40 bits per heavy atom. The largest absolute Gasteiger partial charge is 0.397 e. The molecular formula is C31H37ClFN5OS. The van der Waals surface area contributed by atoms with Crippen LogP contribution in [0.4, 0.5) is 10.1 Å². The van der Waals surface area contributed by atoms with Gasteiger partial charge in [-0.2, -0.15) is 5.26 Å². The number of nitrogens with two attached hydrogens (primary N) is 1. The van der Waals surface area contributed by atoms with Crippen LogP contribution in [0.15, 0.2) is 54.0 Å². The number of carbonyl (C=O) groups excluding carboxylic acids is 1. The summed E-state index contributed by atoms with van der Waals surface area (Å²) in [6.45, 7) is 11.1. The second-order valence-corrected chi connectivity index (χ2v) is 11.3. The SMILES string of the molecule is C=CCc1cccc(F)c1C(=CCCC)SC(=CC)CN1CCC(CNC(=O)c2cc(N)c(C#N)c(Cl)n2)CC1. The zero-order chi connectivity index (χ0) is 29.1. The summed E-state index contributed by atoms with van der Waals surface area (Å²) in [4.78, 5) is 21.2. The normalized spacial score (nSPS) is 15.1. The van der Waals surface area contributed by atoms with Crippen LogP contribution in [-0.2, 0) is 6.42 Å². The number of nitrogen functional groups attached to an aromatic ring is 1. The van der Waals surface area contributed by atoms with Crippen LogP contribution in [-0.4, -0.2) is 42.0 Å². The number of nitrogens with one attached hydrogen (secondary N) is 1. The molecule has 1 saturated heterocycles. The lowest BCUT2D eigenvalue weighted by atomic mass is 9.96. The predicted octanol–water partition coefficient (Wildman–Crippen LogP) is 6.98. The van der Waals surface area contributed by atoms with Gasteiger partial charge in [-0.3, -0.25) is 9.69 Å². The molecule has 1 aliphatic heterocycles. The van der Waals surface area contributed by atoms with E-state index < -0.39 is 0 Å². The number of allylic oxidation sites excluding steroid dienone is 3. The lowest BCUT2D eigenvalue weighted by Crippen LogP contribution is -2.39. The van der Waals surface area contributed by atoms with E-state index in [-0.39, 0.29) is 33.8 Å². The maximum absolute atomic E-state index is 15.0. The van der Waals surface area contributed by atoms with Crippen LogP contribution < -0.4 is 11.1 Å². The van der Waals surface area contributed by atoms with E-state index in [1.54, 1.807) is 17.8 Å². The first-order valence-corrected chi connectivity index (χ1v) is 14.8. The minimum absolute atomic E-state index is 0.0711. The van der Waals surface area contributed by atoms with Crippen molar-refractivity contribution in [2.45, 2.75) is 46.0 Å². The Balaban J connectivity index is 1.57. The Hall–Kier alpha value is -3.12. The molecule has 0 spiro atoms. The van der Waals surface area contributed by atoms with Crippen LogP contribution in [0, 0.1) is 23.1 Å². The fraction of sp³-hybridized carbons (Fsp3) is 0.387. The third-order valence-electron chi connectivity index (χ3n) is 6.88. The number of likely N-dealkylation sites (tertiary alicyclic amines) is 1. The molecule has 0 unspecified atom stereocenters. The topological polar surface area (TPSA) is 95.0 Å². The third-order valence-corrected chi connectivity index (χ3v) is 8.37. The standard InChI is InChI=1S/C31H37ClFN5OS/c1-4-7-12-28(29-22(9-5-2)10-8-11-25(29)33)40-23(6-3)20-38-15-13-21(14-16-38)19-36-31(39)27-17-26(35)24(18-34)30(32)37-27/h5-6,8,10-12,17,21H,2,4,7,9,13-16,19-20H2,1,3H3,(H2,35,37)(H,36,39). The van der Waals surface area contributed by atoms with E-state index in [0.29, 0.717) is 24.4 Å². The van der Waals surface area contributed by atoms with Gasteiger partial charge in [0.05, 0.1) is 5.69 Å². The molecule has 40 heavy (non-hydrogen) atoms. The van der Waals surface area contributed by atoms with Crippen LogP contribution in [0.25, 0.3) is 4.91 Å². The molecular weight excluding hydrogens is 545 g/mol. The summed E-state index contributed by atoms with van der Waals surface area (Å²) in [5, 5.41) is 11.9. The highest BCUT2D eigenvalue weighted by molar-refractivity contribution is 8.11. The number of thioether (sulfide) groups is 1. The van der Waals surface area contributed by atoms with Gasteiger partial charge in [-0.15, -0.1) is 6.58 Å². The van der Waals surface area contributed by atoms with Crippen molar-refractivity contribution in [2.75, 3.05) is 31.9 Å². The van der Waals surface area contributed by atoms with E-state index in [0.717, 1.165) is 55.8 Å². The highest BCUT2D eigenvalue weighted by atomic mass is 35.5. The van der Waals surface area contributed by atoms with Gasteiger partial charge in [-0.25, -0.2) is 9.37 Å². The van der Waals surface area contributed by atoms with E-state index in [4.69, 9.17) is 22.6 Å². The van der Waals surface area contributed by atoms with E-state index in [2.05, 4.69) is 40.9 Å². The number of halogens is 2. The first-order chi connectivity index (χ1) is 19.3. The van der Waals surface area contributed by atoms with Gasteiger partial charge < -0.3 is 11.1 Å². The fourth-order valence-electron chi connectivity index (χ4n) is 4.62. The number of amides is 1. The van der Waals surface area contributed by atoms with Crippen LogP contribution in [0.3, 0.4) is 0 Å². The number of anilines is 1. The third kappa shape index (κ3) is 8.44. The van der Waals surface area contributed by atoms with Crippen molar-refractivity contribution in [3.8, 4) is 6.07 Å². The van der Waals surface area contributed by atoms with Crippen molar-refractivity contribution in [3.63, 3.8) is 0 Å². The molecule has 9 heteroatoms. The van der Waals surface area contributed by atoms with Crippen molar-refractivity contribution < 1.29 is 9.18 Å². The number of unbranched alkanes of at least 4 members (excludes halogenated alkanes) is 1. The molecule has 1 aliphatic rings. The van der Waals surface area contributed by atoms with E-state index in [1.807, 2.05) is 25.1 Å². The Morgan fingerprint density at radius 3 is 2.77 bits per heavy atom. The van der Waals surface area contributed by atoms with Crippen molar-refractivity contribution in [1.82, 2.24) is 15.2 Å². The molecule has 0 aliphatic carbocycles. The molecule has 6 nitrogen and oxygen atoms in total. The highest BCUT2D eigenvalue weighted by Gasteiger charge is 2.23. The molecule has 1 fully saturated rings. The number of rotatable bonds is 12. The molecule has 1 aromatic carbocycles. The van der Waals surface area contributed by atoms with E-state index in [1.165, 1.54) is 17.0 Å². The molecule has 3 rings (SSSR count). The molecule has 3 N–H and O–H groups in total. The van der Waals surface area contributed by atoms with E-state index >= 15 is 4.39 Å². The van der Waals surface area contributed by atoms with Gasteiger partial charge in [0.25, 0.3) is 5.91 Å². The molecule has 2 aromatic rings. The minimum atomic E-state index is -0.358. The number of benzene rings is 1. The van der Waals surface area contributed by atoms with Crippen molar-refractivity contribution in [3.05, 3.63) is 87.3 Å². The number of carbonyl (C=O) groups is 1. The maximum atomic E-state index is 15.0. The summed E-state index contributed by atoms with van der Waals surface area (Å²) in [5.74, 6) is -0.217. The zero-order valence-electron chi connectivity index (χ0n) is 23.2. The monoisotopic (exact) mass is 581 g/mol. The summed E-state index contributed by atoms with van der Waals surface area (Å²) < 4.78 is 15.0. The summed E-state index contributed by atoms with van der Waals surface area (Å²) >= 11 is 7.64. The quantitative estimate of drug-likeness (QED) is 0.207. The van der Waals surface area contributed by atoms with Crippen LogP contribution in [0.5, 0.6) is 0 Å². The minimum Gasteiger partial charge on any atom is -0.397 e. The molecule has 2 heterocycles. The second kappa shape index (κ2) is 15.6. The van der Waals surface area contributed by atoms with Crippen LogP contribution in [0.2, 0.25) is 5.15 Å². The summed E-state index contributed by atoms with van der Waals surface area (Å²) in [6, 6.07) is 8.53. The zero-order valence-corrected chi connectivity index (χ0v) is 24.8. The number of nitrogens with zero attached hydrogens (tertiary/aromatic N) is 3. The Kier molecular flexibility index (Phi) is 12.3. The lowest BCUT2D eigenvalue weighted by molar-refractivity contribution is 0.0932. The summed E-state index contributed by atoms with van der Waals surface area (Å²) in [7, 11) is 0. The fourth-order valence-corrected chi connectivity index (χ4v) is 6.04. The average molecular weight is 582 g/mol. The molecule has 1 amide bonds. The van der Waals surface area contributed by atoms with Crippen LogP contribution >= 0.6 is 23.4 Å². The molecule has 212 valence electrons. The van der Waals surface area contributed by atoms with Crippen molar-refractivity contribution >= 4 is 39.9 Å². The summed E-state index contributed by atoms with van der Waals surface area (Å²) in [6.07, 6.45) is 10.5. The van der Waals surface area contributed by atoms with Crippen molar-refractivity contribution in [1.29, 1.82) is 5.26 Å². The molecule has 1 aromatic heterocycles. The Bertz CT molecular complexity index is 1290. The van der Waals surface area contributed by atoms with Gasteiger partial charge in [-0.1, -0.05) is 67.1 Å². The van der Waals surface area contributed by atoms with Gasteiger partial charge in [0.2, 0.25) is 0 Å². The van der Waals surface area contributed by atoms with E-state index in [9.17, 15) is 4.79 Å². The predicted molar refractivity (Wildman–Crippen MR) is 164 cm³/mol. The number of piperidine rings is 1. The first-order valence-electron chi connectivity index (χ1n) is 13.6. The van der Waals surface area contributed by atoms with Gasteiger partial charge in [-0.05, 0) is 74.2 Å². The highest BCUT2D eigenvalue weighted by Crippen LogP contribution is 2.38. The van der Waals surface area contributed by atoms with Crippen molar-refractivity contribution in [2.24, 2.45) is 5.92 Å². The summed E-state index contributed by atoms with van der Waals surface area (Å²) in [5.41, 5.74) is 7.76. The van der Waals surface area contributed by atoms with Gasteiger partial charge in [0, 0.05) is 23.6 Å². The lowest BCUT2D eigenvalue weighted by Gasteiger charge is -2.32. The van der Waals surface area contributed by atoms with Gasteiger partial charge in [0.15, 0.2) is 0 Å². The number of hydrogen-bond donors (Lipinski definition) is 2. The van der Waals surface area contributed by atoms with Gasteiger partial charge in [0.1, 0.15) is 28.3 Å². The number of pyridine rings is 1. The number of aromatic nitrogens is 1.